The van der Waals surface area contributed by atoms with E-state index in [0.29, 0.717) is 12.5 Å². The maximum Gasteiger partial charge on any atom is 0.228 e. The van der Waals surface area contributed by atoms with E-state index in [0.717, 1.165) is 24.9 Å². The van der Waals surface area contributed by atoms with Crippen LogP contribution in [0.25, 0.3) is 0 Å². The van der Waals surface area contributed by atoms with Gasteiger partial charge in [-0.05, 0) is 61.4 Å². The van der Waals surface area contributed by atoms with Crippen molar-refractivity contribution in [3.8, 4) is 0 Å². The van der Waals surface area contributed by atoms with Crippen molar-refractivity contribution < 1.29 is 4.79 Å². The van der Waals surface area contributed by atoms with Crippen LogP contribution in [-0.2, 0) is 17.9 Å². The second-order valence-electron chi connectivity index (χ2n) is 8.45. The van der Waals surface area contributed by atoms with E-state index in [9.17, 15) is 4.79 Å². The molecule has 2 aromatic carbocycles. The van der Waals surface area contributed by atoms with Crippen LogP contribution < -0.4 is 5.32 Å². The zero-order valence-electron chi connectivity index (χ0n) is 16.8. The SMILES string of the molecule is O=C(NCc1cccc(CN2CCCC2)c1)C(c1ccccc1)C1CCCC1. The summed E-state index contributed by atoms with van der Waals surface area (Å²) < 4.78 is 0. The quantitative estimate of drug-likeness (QED) is 0.747. The van der Waals surface area contributed by atoms with Gasteiger partial charge in [0.05, 0.1) is 5.92 Å². The molecule has 1 aliphatic heterocycles. The standard InChI is InChI=1S/C25H32N2O/c28-25(24(23-13-4-5-14-23)22-11-2-1-3-12-22)26-18-20-9-8-10-21(17-20)19-27-15-6-7-16-27/h1-3,8-12,17,23-24H,4-7,13-16,18-19H2,(H,26,28). The molecule has 1 heterocycles. The molecule has 1 N–H and O–H groups in total. The average Bonchev–Trinajstić information content (AvgIpc) is 3.42. The lowest BCUT2D eigenvalue weighted by Crippen LogP contribution is -2.32. The van der Waals surface area contributed by atoms with Gasteiger partial charge < -0.3 is 5.32 Å². The molecule has 0 bridgehead atoms. The van der Waals surface area contributed by atoms with Gasteiger partial charge in [0.15, 0.2) is 0 Å². The highest BCUT2D eigenvalue weighted by Crippen LogP contribution is 2.37. The molecule has 0 spiro atoms. The van der Waals surface area contributed by atoms with Gasteiger partial charge in [0, 0.05) is 13.1 Å². The predicted molar refractivity (Wildman–Crippen MR) is 114 cm³/mol. The summed E-state index contributed by atoms with van der Waals surface area (Å²) in [6.45, 7) is 4.06. The highest BCUT2D eigenvalue weighted by Gasteiger charge is 2.31. The van der Waals surface area contributed by atoms with Gasteiger partial charge in [-0.2, -0.15) is 0 Å². The molecule has 2 aromatic rings. The fourth-order valence-corrected chi connectivity index (χ4v) is 4.92. The summed E-state index contributed by atoms with van der Waals surface area (Å²) in [5.41, 5.74) is 3.71. The van der Waals surface area contributed by atoms with Crippen molar-refractivity contribution in [2.45, 2.75) is 57.5 Å². The Bertz CT molecular complexity index is 761. The molecule has 3 nitrogen and oxygen atoms in total. The molecule has 2 fully saturated rings. The number of benzene rings is 2. The molecule has 2 aliphatic rings. The van der Waals surface area contributed by atoms with Crippen LogP contribution >= 0.6 is 0 Å². The summed E-state index contributed by atoms with van der Waals surface area (Å²) in [6, 6.07) is 19.1. The molecule has 1 unspecified atom stereocenters. The van der Waals surface area contributed by atoms with E-state index in [2.05, 4.69) is 46.6 Å². The maximum absolute atomic E-state index is 13.1. The van der Waals surface area contributed by atoms with Gasteiger partial charge >= 0.3 is 0 Å². The maximum atomic E-state index is 13.1. The van der Waals surface area contributed by atoms with E-state index < -0.39 is 0 Å². The van der Waals surface area contributed by atoms with Gasteiger partial charge in [-0.15, -0.1) is 0 Å². The van der Waals surface area contributed by atoms with E-state index >= 15 is 0 Å². The fourth-order valence-electron chi connectivity index (χ4n) is 4.92. The molecule has 0 aromatic heterocycles. The Morgan fingerprint density at radius 1 is 0.929 bits per heavy atom. The molecule has 28 heavy (non-hydrogen) atoms. The third-order valence-corrected chi connectivity index (χ3v) is 6.38. The zero-order chi connectivity index (χ0) is 19.2. The van der Waals surface area contributed by atoms with Crippen LogP contribution in [0.2, 0.25) is 0 Å². The van der Waals surface area contributed by atoms with Crippen molar-refractivity contribution in [3.63, 3.8) is 0 Å². The Kier molecular flexibility index (Phi) is 6.43. The number of carbonyl (C=O) groups excluding carboxylic acids is 1. The van der Waals surface area contributed by atoms with Crippen LogP contribution in [0.15, 0.2) is 54.6 Å². The average molecular weight is 377 g/mol. The summed E-state index contributed by atoms with van der Waals surface area (Å²) in [5, 5.41) is 3.24. The molecular formula is C25H32N2O. The first kappa shape index (κ1) is 19.2. The lowest BCUT2D eigenvalue weighted by atomic mass is 9.84. The Labute approximate surface area is 169 Å². The molecule has 1 atom stereocenters. The zero-order valence-corrected chi connectivity index (χ0v) is 16.8. The van der Waals surface area contributed by atoms with Crippen LogP contribution in [0.5, 0.6) is 0 Å². The lowest BCUT2D eigenvalue weighted by Gasteiger charge is -2.23. The fraction of sp³-hybridized carbons (Fsp3) is 0.480. The Morgan fingerprint density at radius 3 is 2.39 bits per heavy atom. The summed E-state index contributed by atoms with van der Waals surface area (Å²) >= 11 is 0. The van der Waals surface area contributed by atoms with Gasteiger partial charge in [-0.3, -0.25) is 9.69 Å². The molecular weight excluding hydrogens is 344 g/mol. The minimum absolute atomic E-state index is 0.0171. The number of hydrogen-bond acceptors (Lipinski definition) is 2. The molecule has 1 saturated heterocycles. The first-order valence-electron chi connectivity index (χ1n) is 10.9. The van der Waals surface area contributed by atoms with Gasteiger partial charge in [0.1, 0.15) is 0 Å². The van der Waals surface area contributed by atoms with Crippen LogP contribution in [0.4, 0.5) is 0 Å². The minimum atomic E-state index is -0.0171. The van der Waals surface area contributed by atoms with E-state index in [1.54, 1.807) is 0 Å². The van der Waals surface area contributed by atoms with E-state index in [4.69, 9.17) is 0 Å². The van der Waals surface area contributed by atoms with Crippen molar-refractivity contribution in [1.82, 2.24) is 10.2 Å². The molecule has 4 rings (SSSR count). The van der Waals surface area contributed by atoms with Gasteiger partial charge in [0.2, 0.25) is 5.91 Å². The summed E-state index contributed by atoms with van der Waals surface area (Å²) in [5.74, 6) is 0.642. The number of rotatable bonds is 7. The van der Waals surface area contributed by atoms with Crippen molar-refractivity contribution in [2.24, 2.45) is 5.92 Å². The predicted octanol–water partition coefficient (Wildman–Crippen LogP) is 4.87. The van der Waals surface area contributed by atoms with Crippen molar-refractivity contribution in [2.75, 3.05) is 13.1 Å². The van der Waals surface area contributed by atoms with Crippen molar-refractivity contribution in [1.29, 1.82) is 0 Å². The van der Waals surface area contributed by atoms with Crippen LogP contribution in [-0.4, -0.2) is 23.9 Å². The Balaban J connectivity index is 1.40. The number of nitrogens with zero attached hydrogens (tertiary/aromatic N) is 1. The number of likely N-dealkylation sites (tertiary alicyclic amines) is 1. The van der Waals surface area contributed by atoms with E-state index in [1.165, 1.54) is 49.9 Å². The summed E-state index contributed by atoms with van der Waals surface area (Å²) in [6.07, 6.45) is 7.46. The summed E-state index contributed by atoms with van der Waals surface area (Å²) in [7, 11) is 0. The van der Waals surface area contributed by atoms with Crippen LogP contribution in [0.1, 0.15) is 61.1 Å². The number of nitrogens with one attached hydrogen (secondary N) is 1. The first-order chi connectivity index (χ1) is 13.8. The largest absolute Gasteiger partial charge is 0.351 e. The molecule has 0 radical (unpaired) electrons. The van der Waals surface area contributed by atoms with Gasteiger partial charge in [0.25, 0.3) is 0 Å². The Hall–Kier alpha value is -2.13. The molecule has 148 valence electrons. The van der Waals surface area contributed by atoms with Crippen LogP contribution in [0, 0.1) is 5.92 Å². The van der Waals surface area contributed by atoms with Crippen molar-refractivity contribution >= 4 is 5.91 Å². The third kappa shape index (κ3) is 4.82. The highest BCUT2D eigenvalue weighted by molar-refractivity contribution is 5.84. The third-order valence-electron chi connectivity index (χ3n) is 6.38. The highest BCUT2D eigenvalue weighted by atomic mass is 16.1. The van der Waals surface area contributed by atoms with Crippen molar-refractivity contribution in [3.05, 3.63) is 71.3 Å². The second-order valence-corrected chi connectivity index (χ2v) is 8.45. The normalized spacial score (nSPS) is 19.0. The Morgan fingerprint density at radius 2 is 1.64 bits per heavy atom. The smallest absolute Gasteiger partial charge is 0.228 e. The minimum Gasteiger partial charge on any atom is -0.351 e. The lowest BCUT2D eigenvalue weighted by molar-refractivity contribution is -0.123. The van der Waals surface area contributed by atoms with Gasteiger partial charge in [-0.1, -0.05) is 67.4 Å². The van der Waals surface area contributed by atoms with E-state index in [-0.39, 0.29) is 11.8 Å². The molecule has 1 aliphatic carbocycles. The van der Waals surface area contributed by atoms with Crippen LogP contribution in [0.3, 0.4) is 0 Å². The monoisotopic (exact) mass is 376 g/mol. The van der Waals surface area contributed by atoms with E-state index in [1.807, 2.05) is 18.2 Å². The van der Waals surface area contributed by atoms with Gasteiger partial charge in [-0.25, -0.2) is 0 Å². The molecule has 1 saturated carbocycles. The number of carbonyl (C=O) groups is 1. The number of hydrogen-bond donors (Lipinski definition) is 1. The molecule has 1 amide bonds. The number of amides is 1. The molecule has 3 heteroatoms. The summed E-state index contributed by atoms with van der Waals surface area (Å²) in [4.78, 5) is 15.7. The first-order valence-corrected chi connectivity index (χ1v) is 10.9. The topological polar surface area (TPSA) is 32.3 Å². The second kappa shape index (κ2) is 9.38.